The van der Waals surface area contributed by atoms with Gasteiger partial charge in [-0.25, -0.2) is 0 Å². The molecule has 2 amide bonds. The van der Waals surface area contributed by atoms with Gasteiger partial charge in [0, 0.05) is 51.3 Å². The zero-order chi connectivity index (χ0) is 19.8. The lowest BCUT2D eigenvalue weighted by Gasteiger charge is -2.35. The fourth-order valence-electron chi connectivity index (χ4n) is 3.84. The summed E-state index contributed by atoms with van der Waals surface area (Å²) in [5.41, 5.74) is 0.633. The summed E-state index contributed by atoms with van der Waals surface area (Å²) in [5, 5.41) is 6.32. The van der Waals surface area contributed by atoms with Crippen molar-refractivity contribution in [2.45, 2.75) is 19.3 Å². The van der Waals surface area contributed by atoms with Crippen LogP contribution in [0.5, 0.6) is 5.75 Å². The number of hydrogen-bond acceptors (Lipinski definition) is 5. The predicted molar refractivity (Wildman–Crippen MR) is 123 cm³/mol. The van der Waals surface area contributed by atoms with Gasteiger partial charge in [0.2, 0.25) is 5.91 Å². The van der Waals surface area contributed by atoms with Crippen LogP contribution in [0.4, 0.5) is 0 Å². The van der Waals surface area contributed by atoms with E-state index in [0.717, 1.165) is 58.0 Å². The quantitative estimate of drug-likeness (QED) is 0.618. The SMILES string of the molecule is COc1ccc(C(=O)NCCN2CCN(C(=O)CCC3CCNC3)CC2)cc1.Cl.Cl. The van der Waals surface area contributed by atoms with E-state index in [1.54, 1.807) is 31.4 Å². The molecule has 9 heteroatoms. The number of piperazine rings is 1. The number of hydrogen-bond donors (Lipinski definition) is 2. The molecule has 1 aromatic carbocycles. The Kier molecular flexibility index (Phi) is 12.1. The maximum absolute atomic E-state index is 12.4. The van der Waals surface area contributed by atoms with Crippen molar-refractivity contribution in [2.75, 3.05) is 59.5 Å². The molecule has 0 aromatic heterocycles. The number of carbonyl (C=O) groups is 2. The molecule has 2 saturated heterocycles. The standard InChI is InChI=1S/C21H32N4O3.2ClH/c1-28-19-5-3-18(4-6-19)21(27)23-10-11-24-12-14-25(15-13-24)20(26)7-2-17-8-9-22-16-17;;/h3-6,17,22H,2,7-16H2,1H3,(H,23,27);2*1H. The largest absolute Gasteiger partial charge is 0.497 e. The number of amides is 2. The summed E-state index contributed by atoms with van der Waals surface area (Å²) in [6, 6.07) is 7.10. The normalized spacial score (nSPS) is 18.8. The van der Waals surface area contributed by atoms with Crippen LogP contribution in [0, 0.1) is 5.92 Å². The molecular formula is C21H34Cl2N4O3. The van der Waals surface area contributed by atoms with Gasteiger partial charge in [-0.05, 0) is 56.1 Å². The maximum Gasteiger partial charge on any atom is 0.251 e. The number of halogens is 2. The zero-order valence-corrected chi connectivity index (χ0v) is 19.2. The van der Waals surface area contributed by atoms with Crippen LogP contribution in [0.25, 0.3) is 0 Å². The second-order valence-electron chi connectivity index (χ2n) is 7.60. The summed E-state index contributed by atoms with van der Waals surface area (Å²) >= 11 is 0. The minimum absolute atomic E-state index is 0. The van der Waals surface area contributed by atoms with Crippen LogP contribution in [0.15, 0.2) is 24.3 Å². The number of carbonyl (C=O) groups excluding carboxylic acids is 2. The molecule has 170 valence electrons. The highest BCUT2D eigenvalue weighted by Crippen LogP contribution is 2.16. The first kappa shape index (κ1) is 26.5. The monoisotopic (exact) mass is 460 g/mol. The Morgan fingerprint density at radius 3 is 2.43 bits per heavy atom. The Labute approximate surface area is 191 Å². The van der Waals surface area contributed by atoms with Gasteiger partial charge in [-0.3, -0.25) is 14.5 Å². The fraction of sp³-hybridized carbons (Fsp3) is 0.619. The Bertz CT molecular complexity index is 646. The Morgan fingerprint density at radius 1 is 1.13 bits per heavy atom. The van der Waals surface area contributed by atoms with Crippen LogP contribution in [-0.2, 0) is 4.79 Å². The number of ether oxygens (including phenoxy) is 1. The van der Waals surface area contributed by atoms with Crippen LogP contribution in [0.2, 0.25) is 0 Å². The summed E-state index contributed by atoms with van der Waals surface area (Å²) in [6.07, 6.45) is 2.87. The smallest absolute Gasteiger partial charge is 0.251 e. The third-order valence-electron chi connectivity index (χ3n) is 5.72. The van der Waals surface area contributed by atoms with Crippen molar-refractivity contribution in [3.05, 3.63) is 29.8 Å². The first-order valence-electron chi connectivity index (χ1n) is 10.3. The van der Waals surface area contributed by atoms with Gasteiger partial charge < -0.3 is 20.3 Å². The van der Waals surface area contributed by atoms with E-state index < -0.39 is 0 Å². The minimum atomic E-state index is -0.0714. The molecule has 7 nitrogen and oxygen atoms in total. The van der Waals surface area contributed by atoms with Gasteiger partial charge in [0.15, 0.2) is 0 Å². The lowest BCUT2D eigenvalue weighted by molar-refractivity contribution is -0.133. The first-order chi connectivity index (χ1) is 13.7. The van der Waals surface area contributed by atoms with E-state index in [1.165, 1.54) is 6.42 Å². The van der Waals surface area contributed by atoms with Gasteiger partial charge in [-0.15, -0.1) is 24.8 Å². The number of benzene rings is 1. The van der Waals surface area contributed by atoms with Crippen LogP contribution < -0.4 is 15.4 Å². The molecule has 2 aliphatic heterocycles. The first-order valence-corrected chi connectivity index (χ1v) is 10.3. The van der Waals surface area contributed by atoms with Gasteiger partial charge in [0.05, 0.1) is 7.11 Å². The second-order valence-corrected chi connectivity index (χ2v) is 7.60. The van der Waals surface area contributed by atoms with Crippen molar-refractivity contribution >= 4 is 36.6 Å². The van der Waals surface area contributed by atoms with Crippen LogP contribution in [0.1, 0.15) is 29.6 Å². The van der Waals surface area contributed by atoms with Crippen molar-refractivity contribution in [3.63, 3.8) is 0 Å². The predicted octanol–water partition coefficient (Wildman–Crippen LogP) is 1.80. The van der Waals surface area contributed by atoms with E-state index in [1.807, 2.05) is 4.90 Å². The van der Waals surface area contributed by atoms with Gasteiger partial charge in [-0.1, -0.05) is 0 Å². The van der Waals surface area contributed by atoms with E-state index >= 15 is 0 Å². The molecule has 0 aliphatic carbocycles. The summed E-state index contributed by atoms with van der Waals surface area (Å²) in [7, 11) is 1.61. The summed E-state index contributed by atoms with van der Waals surface area (Å²) in [6.45, 7) is 6.87. The molecule has 2 heterocycles. The molecule has 1 unspecified atom stereocenters. The van der Waals surface area contributed by atoms with E-state index in [4.69, 9.17) is 4.74 Å². The van der Waals surface area contributed by atoms with Crippen molar-refractivity contribution in [1.29, 1.82) is 0 Å². The average Bonchev–Trinajstić information content (AvgIpc) is 3.26. The van der Waals surface area contributed by atoms with Gasteiger partial charge in [0.25, 0.3) is 5.91 Å². The Balaban J connectivity index is 0.00000225. The van der Waals surface area contributed by atoms with E-state index in [9.17, 15) is 9.59 Å². The lowest BCUT2D eigenvalue weighted by Crippen LogP contribution is -2.50. The summed E-state index contributed by atoms with van der Waals surface area (Å²) in [4.78, 5) is 28.9. The molecule has 1 aromatic rings. The highest BCUT2D eigenvalue weighted by Gasteiger charge is 2.22. The highest BCUT2D eigenvalue weighted by molar-refractivity contribution is 5.94. The van der Waals surface area contributed by atoms with Crippen molar-refractivity contribution in [2.24, 2.45) is 5.92 Å². The number of methoxy groups -OCH3 is 1. The molecule has 2 aliphatic rings. The summed E-state index contributed by atoms with van der Waals surface area (Å²) in [5.74, 6) is 1.63. The molecule has 1 atom stereocenters. The number of nitrogens with zero attached hydrogens (tertiary/aromatic N) is 2. The third-order valence-corrected chi connectivity index (χ3v) is 5.72. The molecule has 0 bridgehead atoms. The van der Waals surface area contributed by atoms with E-state index in [0.29, 0.717) is 30.4 Å². The summed E-state index contributed by atoms with van der Waals surface area (Å²) < 4.78 is 5.11. The topological polar surface area (TPSA) is 73.9 Å². The Morgan fingerprint density at radius 2 is 1.83 bits per heavy atom. The molecule has 0 spiro atoms. The maximum atomic E-state index is 12.4. The Hall–Kier alpha value is -1.54. The lowest BCUT2D eigenvalue weighted by atomic mass is 10.0. The van der Waals surface area contributed by atoms with Crippen LogP contribution >= 0.6 is 24.8 Å². The van der Waals surface area contributed by atoms with Crippen molar-refractivity contribution < 1.29 is 14.3 Å². The van der Waals surface area contributed by atoms with Crippen LogP contribution in [0.3, 0.4) is 0 Å². The third kappa shape index (κ3) is 7.95. The van der Waals surface area contributed by atoms with Gasteiger partial charge in [-0.2, -0.15) is 0 Å². The van der Waals surface area contributed by atoms with Gasteiger partial charge >= 0.3 is 0 Å². The molecule has 0 radical (unpaired) electrons. The molecule has 0 saturated carbocycles. The second kappa shape index (κ2) is 13.7. The molecule has 2 N–H and O–H groups in total. The molecule has 30 heavy (non-hydrogen) atoms. The number of nitrogens with one attached hydrogen (secondary N) is 2. The van der Waals surface area contributed by atoms with Crippen molar-refractivity contribution in [1.82, 2.24) is 20.4 Å². The zero-order valence-electron chi connectivity index (χ0n) is 17.6. The van der Waals surface area contributed by atoms with E-state index in [-0.39, 0.29) is 30.7 Å². The minimum Gasteiger partial charge on any atom is -0.497 e. The molecular weight excluding hydrogens is 427 g/mol. The fourth-order valence-corrected chi connectivity index (χ4v) is 3.84. The molecule has 2 fully saturated rings. The van der Waals surface area contributed by atoms with E-state index in [2.05, 4.69) is 15.5 Å². The highest BCUT2D eigenvalue weighted by atomic mass is 35.5. The van der Waals surface area contributed by atoms with Gasteiger partial charge in [0.1, 0.15) is 5.75 Å². The average molecular weight is 461 g/mol. The van der Waals surface area contributed by atoms with Crippen molar-refractivity contribution in [3.8, 4) is 5.75 Å². The molecule has 3 rings (SSSR count). The van der Waals surface area contributed by atoms with Crippen LogP contribution in [-0.4, -0.2) is 81.1 Å². The number of rotatable bonds is 8.